The fraction of sp³-hybridized carbons (Fsp3) is 0.875. The zero-order valence-electron chi connectivity index (χ0n) is 46.8. The molecule has 78 heavy (non-hydrogen) atoms. The van der Waals surface area contributed by atoms with Gasteiger partial charge in [-0.2, -0.15) is 0 Å². The van der Waals surface area contributed by atoms with Gasteiger partial charge >= 0.3 is 40.7 Å². The number of esters is 3. The van der Waals surface area contributed by atoms with E-state index in [0.717, 1.165) is 73.8 Å². The molecular formula is C48H95N6O18P3S3. The number of amidine groups is 3. The second-order valence-corrected chi connectivity index (χ2v) is 28.4. The Morgan fingerprint density at radius 1 is 0.449 bits per heavy atom. The fourth-order valence-corrected chi connectivity index (χ4v) is 12.7. The number of nitrogens with two attached hydrogens (primary N) is 3. The summed E-state index contributed by atoms with van der Waals surface area (Å²) < 4.78 is 87.9. The third-order valence-electron chi connectivity index (χ3n) is 11.4. The summed E-state index contributed by atoms with van der Waals surface area (Å²) in [5, 5.41) is 52.2. The number of thioether (sulfide) groups is 3. The monoisotopic (exact) mass is 1230 g/mol. The maximum absolute atomic E-state index is 13.0. The summed E-state index contributed by atoms with van der Waals surface area (Å²) in [5.74, 6) is -0.535. The molecule has 30 heteroatoms. The Hall–Kier alpha value is -1.80. The Kier molecular flexibility index (Phi) is 43.7. The number of hydrogen-bond donors (Lipinski definition) is 9. The first-order valence-corrected chi connectivity index (χ1v) is 35.7. The lowest BCUT2D eigenvalue weighted by atomic mass is 10.0. The minimum absolute atomic E-state index is 0.0692. The number of carbonyl (C=O) groups is 3. The molecule has 0 spiro atoms. The van der Waals surface area contributed by atoms with Gasteiger partial charge in [0, 0.05) is 56.5 Å². The molecule has 0 rings (SSSR count). The normalized spacial score (nSPS) is 16.7. The van der Waals surface area contributed by atoms with Crippen molar-refractivity contribution in [1.29, 1.82) is 16.2 Å². The summed E-state index contributed by atoms with van der Waals surface area (Å²) in [6, 6.07) is 0. The van der Waals surface area contributed by atoms with Crippen molar-refractivity contribution in [2.24, 2.45) is 17.2 Å². The van der Waals surface area contributed by atoms with E-state index in [9.17, 15) is 43.4 Å². The lowest BCUT2D eigenvalue weighted by molar-refractivity contribution is -0.167. The second kappa shape index (κ2) is 44.7. The Labute approximate surface area is 476 Å². The van der Waals surface area contributed by atoms with Gasteiger partial charge in [0.1, 0.15) is 13.2 Å². The maximum atomic E-state index is 13.0. The van der Waals surface area contributed by atoms with Crippen LogP contribution in [0.25, 0.3) is 0 Å². The SMILES string of the molecule is C[C@H](O)C(CCCCCCCC(=O)OCC(COC(=O)CCCCCCCC(OP(C)(=O)OCCSC(=N)N)[C@H](C)O)OC(=O)CCCCCCCC(OP(C)(=O)OCCSC(=N)N)[C@H](C)O)OP(C)(=O)OCCSC(=N)N. The predicted octanol–water partition coefficient (Wildman–Crippen LogP) is 8.87. The summed E-state index contributed by atoms with van der Waals surface area (Å²) in [6.07, 6.45) is 6.11. The van der Waals surface area contributed by atoms with Crippen molar-refractivity contribution in [3.63, 3.8) is 0 Å². The van der Waals surface area contributed by atoms with E-state index < -0.39 is 83.4 Å². The average molecular weight is 1230 g/mol. The van der Waals surface area contributed by atoms with E-state index >= 15 is 0 Å². The molecule has 0 aliphatic heterocycles. The molecule has 0 amide bonds. The number of hydrogen-bond acceptors (Lipinski definition) is 24. The number of ether oxygens (including phenoxy) is 3. The molecule has 0 fully saturated rings. The molecule has 0 aromatic rings. The minimum atomic E-state index is -3.46. The van der Waals surface area contributed by atoms with Crippen LogP contribution >= 0.6 is 58.1 Å². The molecule has 0 aliphatic rings. The molecule has 12 N–H and O–H groups in total. The largest absolute Gasteiger partial charge is 0.462 e. The molecule has 458 valence electrons. The summed E-state index contributed by atoms with van der Waals surface area (Å²) in [7, 11) is -10.4. The van der Waals surface area contributed by atoms with Gasteiger partial charge in [-0.1, -0.05) is 112 Å². The van der Waals surface area contributed by atoms with Crippen LogP contribution in [0, 0.1) is 16.2 Å². The van der Waals surface area contributed by atoms with Crippen molar-refractivity contribution in [2.75, 3.05) is 70.3 Å². The quantitative estimate of drug-likeness (QED) is 0.00685. The van der Waals surface area contributed by atoms with Crippen molar-refractivity contribution in [2.45, 2.75) is 198 Å². The van der Waals surface area contributed by atoms with Crippen LogP contribution in [0.2, 0.25) is 0 Å². The van der Waals surface area contributed by atoms with E-state index in [2.05, 4.69) is 0 Å². The third-order valence-corrected chi connectivity index (χ3v) is 17.3. The molecule has 0 saturated heterocycles. The maximum Gasteiger partial charge on any atom is 0.328 e. The highest BCUT2D eigenvalue weighted by Crippen LogP contribution is 2.48. The molecule has 0 saturated carbocycles. The van der Waals surface area contributed by atoms with Gasteiger partial charge in [-0.3, -0.25) is 44.3 Å². The average Bonchev–Trinajstić information content (AvgIpc) is 3.33. The topological polar surface area (TPSA) is 396 Å². The highest BCUT2D eigenvalue weighted by Gasteiger charge is 2.29. The van der Waals surface area contributed by atoms with E-state index in [1.165, 1.54) is 20.0 Å². The van der Waals surface area contributed by atoms with Gasteiger partial charge in [0.25, 0.3) is 0 Å². The molecule has 0 heterocycles. The summed E-state index contributed by atoms with van der Waals surface area (Å²) in [6.45, 7) is 8.27. The van der Waals surface area contributed by atoms with Gasteiger partial charge in [-0.15, -0.1) is 0 Å². The van der Waals surface area contributed by atoms with E-state index in [4.69, 9.17) is 74.8 Å². The Balaban J connectivity index is 5.08. The van der Waals surface area contributed by atoms with Crippen molar-refractivity contribution in [3.8, 4) is 0 Å². The van der Waals surface area contributed by atoms with Crippen LogP contribution < -0.4 is 17.2 Å². The molecule has 0 bridgehead atoms. The van der Waals surface area contributed by atoms with Crippen molar-refractivity contribution in [1.82, 2.24) is 0 Å². The van der Waals surface area contributed by atoms with E-state index in [-0.39, 0.29) is 67.8 Å². The lowest BCUT2D eigenvalue weighted by Gasteiger charge is -2.24. The smallest absolute Gasteiger partial charge is 0.328 e. The number of unbranched alkanes of at least 4 members (excludes halogenated alkanes) is 12. The summed E-state index contributed by atoms with van der Waals surface area (Å²) in [4.78, 5) is 38.5. The molecule has 0 aromatic heterocycles. The highest BCUT2D eigenvalue weighted by molar-refractivity contribution is 8.14. The zero-order chi connectivity index (χ0) is 59.0. The van der Waals surface area contributed by atoms with Crippen LogP contribution in [-0.2, 0) is 69.4 Å². The Morgan fingerprint density at radius 3 is 0.974 bits per heavy atom. The number of aliphatic hydroxyl groups is 3. The molecule has 24 nitrogen and oxygen atoms in total. The van der Waals surface area contributed by atoms with Crippen molar-refractivity contribution >= 4 is 91.5 Å². The molecule has 0 aliphatic carbocycles. The van der Waals surface area contributed by atoms with Crippen LogP contribution in [0.5, 0.6) is 0 Å². The standard InChI is InChI=1S/C48H95N6O18P3S3/c1-36(55)40(70-73(4,61)66-28-31-76-46(49)50)22-16-10-7-13-19-25-43(58)64-34-39(69-45(60)27-21-15-9-12-18-24-42(38(3)57)72-75(6,63)68-30-33-78-48(53)54)35-65-44(59)26-20-14-8-11-17-23-41(37(2)56)71-74(5,62)67-29-32-77-47(51)52/h36-42,55-57H,7-35H2,1-6H3,(H3,49,50)(H3,51,52)(H3,53,54)/t36-,37-,38-,39?,40?,41?,42?,73?,74?,75?/m0/s1. The highest BCUT2D eigenvalue weighted by atomic mass is 32.2. The Morgan fingerprint density at radius 2 is 0.705 bits per heavy atom. The minimum Gasteiger partial charge on any atom is -0.462 e. The van der Waals surface area contributed by atoms with E-state index in [0.29, 0.717) is 94.3 Å². The first-order valence-electron chi connectivity index (χ1n) is 26.8. The number of nitrogens with one attached hydrogen (secondary N) is 3. The van der Waals surface area contributed by atoms with E-state index in [1.807, 2.05) is 0 Å². The predicted molar refractivity (Wildman–Crippen MR) is 310 cm³/mol. The van der Waals surface area contributed by atoms with E-state index in [1.54, 1.807) is 20.8 Å². The fourth-order valence-electron chi connectivity index (χ4n) is 7.35. The molecule has 6 unspecified atom stereocenters. The number of rotatable bonds is 50. The Bertz CT molecular complexity index is 1780. The summed E-state index contributed by atoms with van der Waals surface area (Å²) in [5.41, 5.74) is 15.9. The van der Waals surface area contributed by atoms with Gasteiger partial charge in [0.05, 0.1) is 56.4 Å². The van der Waals surface area contributed by atoms with Crippen LogP contribution in [0.3, 0.4) is 0 Å². The second-order valence-electron chi connectivity index (χ2n) is 19.0. The van der Waals surface area contributed by atoms with Gasteiger partial charge in [0.2, 0.25) is 0 Å². The van der Waals surface area contributed by atoms with Crippen LogP contribution in [-0.4, -0.2) is 162 Å². The number of carbonyl (C=O) groups excluding carboxylic acids is 3. The summed E-state index contributed by atoms with van der Waals surface area (Å²) >= 11 is 3.17. The number of aliphatic hydroxyl groups excluding tert-OH is 3. The van der Waals surface area contributed by atoms with Crippen LogP contribution in [0.4, 0.5) is 0 Å². The first-order chi connectivity index (χ1) is 36.6. The molecular weight excluding hydrogens is 1140 g/mol. The molecule has 9 atom stereocenters. The van der Waals surface area contributed by atoms with Crippen LogP contribution in [0.15, 0.2) is 0 Å². The first kappa shape index (κ1) is 76.2. The van der Waals surface area contributed by atoms with Crippen LogP contribution in [0.1, 0.15) is 156 Å². The molecule has 0 radical (unpaired) electrons. The zero-order valence-corrected chi connectivity index (χ0v) is 51.9. The van der Waals surface area contributed by atoms with Gasteiger partial charge in [-0.25, -0.2) is 0 Å². The van der Waals surface area contributed by atoms with Crippen molar-refractivity contribution in [3.05, 3.63) is 0 Å². The third kappa shape index (κ3) is 45.8. The molecule has 0 aromatic carbocycles. The van der Waals surface area contributed by atoms with Gasteiger partial charge in [0.15, 0.2) is 21.6 Å². The van der Waals surface area contributed by atoms with Gasteiger partial charge in [-0.05, 0) is 59.3 Å². The van der Waals surface area contributed by atoms with Gasteiger partial charge < -0.3 is 73.9 Å². The van der Waals surface area contributed by atoms with Crippen molar-refractivity contribution < 1.29 is 84.8 Å². The lowest BCUT2D eigenvalue weighted by Crippen LogP contribution is -2.30.